The molecule has 1 rings (SSSR count). The minimum atomic E-state index is -0.489. The third kappa shape index (κ3) is 7.10. The van der Waals surface area contributed by atoms with E-state index in [1.54, 1.807) is 24.1 Å². The highest BCUT2D eigenvalue weighted by Crippen LogP contribution is 2.26. The first-order valence-electron chi connectivity index (χ1n) is 7.71. The summed E-state index contributed by atoms with van der Waals surface area (Å²) >= 11 is 5.88. The molecule has 0 aromatic heterocycles. The van der Waals surface area contributed by atoms with Gasteiger partial charge in [0.05, 0.1) is 5.02 Å². The van der Waals surface area contributed by atoms with Crippen molar-refractivity contribution in [2.75, 3.05) is 20.1 Å². The van der Waals surface area contributed by atoms with Crippen molar-refractivity contribution in [2.24, 2.45) is 5.92 Å². The Kier molecular flexibility index (Phi) is 7.16. The van der Waals surface area contributed by atoms with Gasteiger partial charge in [-0.3, -0.25) is 0 Å². The summed E-state index contributed by atoms with van der Waals surface area (Å²) in [6.45, 7) is 9.41. The average molecular weight is 343 g/mol. The maximum Gasteiger partial charge on any atom is 0.410 e. The summed E-state index contributed by atoms with van der Waals surface area (Å²) in [6, 6.07) is 5.28. The highest BCUT2D eigenvalue weighted by Gasteiger charge is 2.20. The number of ether oxygens (including phenoxy) is 1. The fourth-order valence-electron chi connectivity index (χ4n) is 2.10. The summed E-state index contributed by atoms with van der Waals surface area (Å²) in [6.07, 6.45) is -0.322. The lowest BCUT2D eigenvalue weighted by Crippen LogP contribution is -2.38. The van der Waals surface area contributed by atoms with E-state index in [1.807, 2.05) is 33.8 Å². The SMILES string of the molecule is CC(CNCc1cccc(Cl)c1O)CN(C)C(=O)OC(C)(C)C. The van der Waals surface area contributed by atoms with E-state index in [0.29, 0.717) is 24.7 Å². The van der Waals surface area contributed by atoms with E-state index in [1.165, 1.54) is 0 Å². The Morgan fingerprint density at radius 1 is 1.43 bits per heavy atom. The zero-order valence-electron chi connectivity index (χ0n) is 14.5. The predicted octanol–water partition coefficient (Wildman–Crippen LogP) is 3.64. The Labute approximate surface area is 143 Å². The molecule has 6 heteroatoms. The number of para-hydroxylation sites is 1. The smallest absolute Gasteiger partial charge is 0.410 e. The molecule has 0 aliphatic rings. The van der Waals surface area contributed by atoms with E-state index in [9.17, 15) is 9.90 Å². The largest absolute Gasteiger partial charge is 0.506 e. The van der Waals surface area contributed by atoms with Crippen LogP contribution in [0.2, 0.25) is 5.02 Å². The van der Waals surface area contributed by atoms with E-state index < -0.39 is 5.60 Å². The number of carbonyl (C=O) groups is 1. The Morgan fingerprint density at radius 3 is 2.70 bits per heavy atom. The first kappa shape index (κ1) is 19.6. The molecule has 23 heavy (non-hydrogen) atoms. The van der Waals surface area contributed by atoms with Crippen molar-refractivity contribution < 1.29 is 14.6 Å². The van der Waals surface area contributed by atoms with Gasteiger partial charge in [0.1, 0.15) is 11.4 Å². The molecule has 0 aliphatic carbocycles. The lowest BCUT2D eigenvalue weighted by molar-refractivity contribution is 0.0277. The maximum absolute atomic E-state index is 11.9. The average Bonchev–Trinajstić information content (AvgIpc) is 2.41. The van der Waals surface area contributed by atoms with Crippen LogP contribution in [-0.2, 0) is 11.3 Å². The summed E-state index contributed by atoms with van der Waals surface area (Å²) in [5.74, 6) is 0.356. The van der Waals surface area contributed by atoms with Gasteiger partial charge in [0, 0.05) is 25.7 Å². The number of hydrogen-bond donors (Lipinski definition) is 2. The molecule has 1 amide bonds. The van der Waals surface area contributed by atoms with Gasteiger partial charge in [0.25, 0.3) is 0 Å². The Balaban J connectivity index is 2.38. The molecular weight excluding hydrogens is 316 g/mol. The Bertz CT molecular complexity index is 529. The van der Waals surface area contributed by atoms with Crippen LogP contribution < -0.4 is 5.32 Å². The van der Waals surface area contributed by atoms with E-state index in [2.05, 4.69) is 5.32 Å². The van der Waals surface area contributed by atoms with Crippen LogP contribution in [0.25, 0.3) is 0 Å². The van der Waals surface area contributed by atoms with Gasteiger partial charge in [0.15, 0.2) is 0 Å². The van der Waals surface area contributed by atoms with E-state index in [4.69, 9.17) is 16.3 Å². The molecule has 0 aliphatic heterocycles. The predicted molar refractivity (Wildman–Crippen MR) is 92.9 cm³/mol. The third-order valence-corrected chi connectivity index (χ3v) is 3.47. The van der Waals surface area contributed by atoms with Crippen molar-refractivity contribution in [3.05, 3.63) is 28.8 Å². The van der Waals surface area contributed by atoms with Gasteiger partial charge in [-0.2, -0.15) is 0 Å². The first-order chi connectivity index (χ1) is 10.6. The van der Waals surface area contributed by atoms with Crippen molar-refractivity contribution in [3.63, 3.8) is 0 Å². The number of nitrogens with zero attached hydrogens (tertiary/aromatic N) is 1. The molecule has 0 bridgehead atoms. The first-order valence-corrected chi connectivity index (χ1v) is 8.09. The van der Waals surface area contributed by atoms with E-state index in [-0.39, 0.29) is 17.8 Å². The molecular formula is C17H27ClN2O3. The van der Waals surface area contributed by atoms with Crippen LogP contribution in [0.3, 0.4) is 0 Å². The van der Waals surface area contributed by atoms with Gasteiger partial charge in [0.2, 0.25) is 0 Å². The lowest BCUT2D eigenvalue weighted by atomic mass is 10.1. The quantitative estimate of drug-likeness (QED) is 0.828. The minimum Gasteiger partial charge on any atom is -0.506 e. The van der Waals surface area contributed by atoms with E-state index >= 15 is 0 Å². The molecule has 0 radical (unpaired) electrons. The van der Waals surface area contributed by atoms with Gasteiger partial charge >= 0.3 is 6.09 Å². The molecule has 0 heterocycles. The number of rotatable bonds is 6. The molecule has 1 aromatic carbocycles. The topological polar surface area (TPSA) is 61.8 Å². The van der Waals surface area contributed by atoms with Crippen LogP contribution in [0.4, 0.5) is 4.79 Å². The number of aromatic hydroxyl groups is 1. The molecule has 0 fully saturated rings. The number of hydrogen-bond acceptors (Lipinski definition) is 4. The van der Waals surface area contributed by atoms with Gasteiger partial charge in [-0.05, 0) is 39.3 Å². The van der Waals surface area contributed by atoms with Crippen molar-refractivity contribution >= 4 is 17.7 Å². The Hall–Kier alpha value is -1.46. The van der Waals surface area contributed by atoms with Gasteiger partial charge in [-0.1, -0.05) is 30.7 Å². The van der Waals surface area contributed by atoms with Crippen LogP contribution in [0.1, 0.15) is 33.3 Å². The van der Waals surface area contributed by atoms with Crippen molar-refractivity contribution in [1.82, 2.24) is 10.2 Å². The number of phenolic OH excluding ortho intramolecular Hbond substituents is 1. The zero-order valence-corrected chi connectivity index (χ0v) is 15.3. The molecule has 5 nitrogen and oxygen atoms in total. The number of carbonyl (C=O) groups excluding carboxylic acids is 1. The van der Waals surface area contributed by atoms with Gasteiger partial charge in [-0.15, -0.1) is 0 Å². The van der Waals surface area contributed by atoms with Crippen molar-refractivity contribution in [2.45, 2.75) is 39.8 Å². The number of amides is 1. The minimum absolute atomic E-state index is 0.111. The molecule has 1 atom stereocenters. The van der Waals surface area contributed by atoms with Crippen molar-refractivity contribution in [3.8, 4) is 5.75 Å². The molecule has 1 aromatic rings. The van der Waals surface area contributed by atoms with Gasteiger partial charge in [-0.25, -0.2) is 4.79 Å². The number of halogens is 1. The normalized spacial score (nSPS) is 12.8. The second-order valence-electron chi connectivity index (χ2n) is 6.84. The van der Waals surface area contributed by atoms with Crippen LogP contribution in [-0.4, -0.2) is 41.8 Å². The summed E-state index contributed by atoms with van der Waals surface area (Å²) < 4.78 is 5.32. The van der Waals surface area contributed by atoms with Crippen LogP contribution in [0, 0.1) is 5.92 Å². The fourth-order valence-corrected chi connectivity index (χ4v) is 2.30. The molecule has 0 spiro atoms. The number of phenols is 1. The monoisotopic (exact) mass is 342 g/mol. The summed E-state index contributed by atoms with van der Waals surface area (Å²) in [4.78, 5) is 13.5. The second kappa shape index (κ2) is 8.41. The summed E-state index contributed by atoms with van der Waals surface area (Å²) in [7, 11) is 1.73. The van der Waals surface area contributed by atoms with E-state index in [0.717, 1.165) is 5.56 Å². The third-order valence-electron chi connectivity index (χ3n) is 3.17. The second-order valence-corrected chi connectivity index (χ2v) is 7.25. The van der Waals surface area contributed by atoms with Crippen molar-refractivity contribution in [1.29, 1.82) is 0 Å². The van der Waals surface area contributed by atoms with Gasteiger partial charge < -0.3 is 20.1 Å². The molecule has 0 saturated carbocycles. The highest BCUT2D eigenvalue weighted by atomic mass is 35.5. The molecule has 130 valence electrons. The molecule has 0 saturated heterocycles. The number of benzene rings is 1. The summed E-state index contributed by atoms with van der Waals surface area (Å²) in [5, 5.41) is 13.5. The van der Waals surface area contributed by atoms with Crippen LogP contribution in [0.15, 0.2) is 18.2 Å². The lowest BCUT2D eigenvalue weighted by Gasteiger charge is -2.26. The Morgan fingerprint density at radius 2 is 2.09 bits per heavy atom. The highest BCUT2D eigenvalue weighted by molar-refractivity contribution is 6.32. The van der Waals surface area contributed by atoms with Crippen LogP contribution >= 0.6 is 11.6 Å². The zero-order chi connectivity index (χ0) is 17.6. The maximum atomic E-state index is 11.9. The molecule has 1 unspecified atom stereocenters. The fraction of sp³-hybridized carbons (Fsp3) is 0.588. The molecule has 2 N–H and O–H groups in total. The number of nitrogens with one attached hydrogen (secondary N) is 1. The van der Waals surface area contributed by atoms with Crippen LogP contribution in [0.5, 0.6) is 5.75 Å². The standard InChI is InChI=1S/C17H27ClN2O3/c1-12(11-20(5)16(22)23-17(2,3)4)9-19-10-13-7-6-8-14(18)15(13)21/h6-8,12,19,21H,9-11H2,1-5H3. The summed E-state index contributed by atoms with van der Waals surface area (Å²) in [5.41, 5.74) is 0.266.